The van der Waals surface area contributed by atoms with Crippen LogP contribution in [0.1, 0.15) is 19.3 Å². The standard InChI is InChI=1S/C14H19NO5S/c1-20-14(17)8-5-10-15-13(16)9-11-21(18,19)12-6-3-2-4-7-12/h2-4,6-7H,5,8-11H2,1H3,(H,15,16). The maximum Gasteiger partial charge on any atom is 0.305 e. The molecule has 0 saturated carbocycles. The fraction of sp³-hybridized carbons (Fsp3) is 0.429. The lowest BCUT2D eigenvalue weighted by molar-refractivity contribution is -0.140. The summed E-state index contributed by atoms with van der Waals surface area (Å²) in [5, 5.41) is 2.58. The first-order chi connectivity index (χ1) is 9.95. The van der Waals surface area contributed by atoms with Gasteiger partial charge in [-0.3, -0.25) is 9.59 Å². The number of ether oxygens (including phenoxy) is 1. The van der Waals surface area contributed by atoms with Crippen LogP contribution in [0.4, 0.5) is 0 Å². The molecule has 7 heteroatoms. The number of rotatable bonds is 8. The molecule has 1 aromatic rings. The van der Waals surface area contributed by atoms with E-state index in [2.05, 4.69) is 10.1 Å². The summed E-state index contributed by atoms with van der Waals surface area (Å²) in [5.74, 6) is -0.921. The highest BCUT2D eigenvalue weighted by Gasteiger charge is 2.15. The van der Waals surface area contributed by atoms with Crippen LogP contribution in [-0.4, -0.2) is 39.7 Å². The number of benzene rings is 1. The molecule has 0 atom stereocenters. The zero-order chi connectivity index (χ0) is 15.7. The maximum absolute atomic E-state index is 12.0. The Balaban J connectivity index is 2.31. The summed E-state index contributed by atoms with van der Waals surface area (Å²) in [6, 6.07) is 8.01. The number of carbonyl (C=O) groups is 2. The molecule has 0 fully saturated rings. The van der Waals surface area contributed by atoms with Crippen molar-refractivity contribution in [1.29, 1.82) is 0 Å². The van der Waals surface area contributed by atoms with Crippen LogP contribution in [0.2, 0.25) is 0 Å². The molecule has 0 bridgehead atoms. The Hall–Kier alpha value is -1.89. The minimum atomic E-state index is -3.44. The van der Waals surface area contributed by atoms with Gasteiger partial charge in [-0.25, -0.2) is 8.42 Å². The fourth-order valence-electron chi connectivity index (χ4n) is 1.62. The zero-order valence-corrected chi connectivity index (χ0v) is 12.7. The summed E-state index contributed by atoms with van der Waals surface area (Å²) < 4.78 is 28.4. The van der Waals surface area contributed by atoms with Crippen molar-refractivity contribution in [2.45, 2.75) is 24.2 Å². The van der Waals surface area contributed by atoms with Crippen molar-refractivity contribution >= 4 is 21.7 Å². The minimum Gasteiger partial charge on any atom is -0.469 e. The van der Waals surface area contributed by atoms with Crippen LogP contribution in [0, 0.1) is 0 Å². The number of methoxy groups -OCH3 is 1. The van der Waals surface area contributed by atoms with Gasteiger partial charge >= 0.3 is 5.97 Å². The molecule has 1 amide bonds. The molecule has 21 heavy (non-hydrogen) atoms. The summed E-state index contributed by atoms with van der Waals surface area (Å²) in [7, 11) is -2.14. The number of hydrogen-bond donors (Lipinski definition) is 1. The van der Waals surface area contributed by atoms with E-state index in [0.717, 1.165) is 0 Å². The third kappa shape index (κ3) is 6.40. The zero-order valence-electron chi connectivity index (χ0n) is 11.9. The lowest BCUT2D eigenvalue weighted by Gasteiger charge is -2.06. The van der Waals surface area contributed by atoms with E-state index in [4.69, 9.17) is 0 Å². The number of carbonyl (C=O) groups excluding carboxylic acids is 2. The van der Waals surface area contributed by atoms with E-state index >= 15 is 0 Å². The molecular formula is C14H19NO5S. The summed E-state index contributed by atoms with van der Waals surface area (Å²) in [6.45, 7) is 0.319. The molecule has 0 saturated heterocycles. The van der Waals surface area contributed by atoms with Gasteiger partial charge < -0.3 is 10.1 Å². The largest absolute Gasteiger partial charge is 0.469 e. The molecule has 0 aliphatic carbocycles. The van der Waals surface area contributed by atoms with Crippen molar-refractivity contribution in [2.75, 3.05) is 19.4 Å². The Morgan fingerprint density at radius 3 is 2.43 bits per heavy atom. The van der Waals surface area contributed by atoms with Gasteiger partial charge in [-0.15, -0.1) is 0 Å². The van der Waals surface area contributed by atoms with Gasteiger partial charge in [-0.2, -0.15) is 0 Å². The van der Waals surface area contributed by atoms with Gasteiger partial charge in [0.05, 0.1) is 17.8 Å². The highest BCUT2D eigenvalue weighted by Crippen LogP contribution is 2.10. The molecule has 1 N–H and O–H groups in total. The Kier molecular flexibility index (Phi) is 6.87. The Labute approximate surface area is 124 Å². The molecule has 1 aromatic carbocycles. The molecule has 1 rings (SSSR count). The van der Waals surface area contributed by atoms with Gasteiger partial charge in [0, 0.05) is 19.4 Å². The van der Waals surface area contributed by atoms with Crippen molar-refractivity contribution in [3.8, 4) is 0 Å². The highest BCUT2D eigenvalue weighted by molar-refractivity contribution is 7.91. The van der Waals surface area contributed by atoms with Crippen molar-refractivity contribution in [3.63, 3.8) is 0 Å². The van der Waals surface area contributed by atoms with Crippen LogP contribution < -0.4 is 5.32 Å². The Bertz CT molecular complexity index is 568. The van der Waals surface area contributed by atoms with E-state index in [0.29, 0.717) is 13.0 Å². The summed E-state index contributed by atoms with van der Waals surface area (Å²) >= 11 is 0. The molecule has 0 unspecified atom stereocenters. The van der Waals surface area contributed by atoms with Crippen LogP contribution in [-0.2, 0) is 24.2 Å². The quantitative estimate of drug-likeness (QED) is 0.569. The minimum absolute atomic E-state index is 0.102. The number of nitrogens with one attached hydrogen (secondary N) is 1. The Morgan fingerprint density at radius 2 is 1.81 bits per heavy atom. The average Bonchev–Trinajstić information content (AvgIpc) is 2.50. The van der Waals surface area contributed by atoms with Crippen LogP contribution in [0.5, 0.6) is 0 Å². The second kappa shape index (κ2) is 8.41. The SMILES string of the molecule is COC(=O)CCCNC(=O)CCS(=O)(=O)c1ccccc1. The first kappa shape index (κ1) is 17.2. The molecular weight excluding hydrogens is 294 g/mol. The molecule has 0 aromatic heterocycles. The predicted octanol–water partition coefficient (Wildman–Crippen LogP) is 0.920. The maximum atomic E-state index is 12.0. The van der Waals surface area contributed by atoms with E-state index in [1.165, 1.54) is 19.2 Å². The van der Waals surface area contributed by atoms with Crippen LogP contribution in [0.15, 0.2) is 35.2 Å². The van der Waals surface area contributed by atoms with Crippen LogP contribution in [0.3, 0.4) is 0 Å². The molecule has 0 aliphatic heterocycles. The first-order valence-electron chi connectivity index (χ1n) is 6.57. The van der Waals surface area contributed by atoms with E-state index in [1.807, 2.05) is 0 Å². The van der Waals surface area contributed by atoms with Crippen molar-refractivity contribution < 1.29 is 22.7 Å². The van der Waals surface area contributed by atoms with Crippen molar-refractivity contribution in [3.05, 3.63) is 30.3 Å². The summed E-state index contributed by atoms with van der Waals surface area (Å²) in [6.07, 6.45) is 0.582. The second-order valence-corrected chi connectivity index (χ2v) is 6.52. The van der Waals surface area contributed by atoms with Gasteiger partial charge in [-0.05, 0) is 18.6 Å². The molecule has 0 spiro atoms. The van der Waals surface area contributed by atoms with Crippen molar-refractivity contribution in [2.24, 2.45) is 0 Å². The van der Waals surface area contributed by atoms with E-state index < -0.39 is 9.84 Å². The third-order valence-corrected chi connectivity index (χ3v) is 4.54. The van der Waals surface area contributed by atoms with E-state index in [-0.39, 0.29) is 35.4 Å². The van der Waals surface area contributed by atoms with E-state index in [1.54, 1.807) is 18.2 Å². The van der Waals surface area contributed by atoms with Gasteiger partial charge in [0.2, 0.25) is 5.91 Å². The van der Waals surface area contributed by atoms with Gasteiger partial charge in [-0.1, -0.05) is 18.2 Å². The smallest absolute Gasteiger partial charge is 0.305 e. The van der Waals surface area contributed by atoms with Gasteiger partial charge in [0.25, 0.3) is 0 Å². The van der Waals surface area contributed by atoms with Crippen LogP contribution >= 0.6 is 0 Å². The molecule has 0 heterocycles. The average molecular weight is 313 g/mol. The second-order valence-electron chi connectivity index (χ2n) is 4.41. The van der Waals surface area contributed by atoms with Crippen LogP contribution in [0.25, 0.3) is 0 Å². The summed E-state index contributed by atoms with van der Waals surface area (Å²) in [4.78, 5) is 22.6. The number of amides is 1. The van der Waals surface area contributed by atoms with Gasteiger partial charge in [0.15, 0.2) is 9.84 Å². The third-order valence-electron chi connectivity index (χ3n) is 2.81. The molecule has 0 radical (unpaired) electrons. The topological polar surface area (TPSA) is 89.5 Å². The fourth-order valence-corrected chi connectivity index (χ4v) is 2.89. The van der Waals surface area contributed by atoms with E-state index in [9.17, 15) is 18.0 Å². The lowest BCUT2D eigenvalue weighted by atomic mass is 10.3. The number of esters is 1. The monoisotopic (exact) mass is 313 g/mol. The highest BCUT2D eigenvalue weighted by atomic mass is 32.2. The molecule has 116 valence electrons. The van der Waals surface area contributed by atoms with Crippen molar-refractivity contribution in [1.82, 2.24) is 5.32 Å². The number of hydrogen-bond acceptors (Lipinski definition) is 5. The number of sulfone groups is 1. The summed E-state index contributed by atoms with van der Waals surface area (Å²) in [5.41, 5.74) is 0. The molecule has 0 aliphatic rings. The lowest BCUT2D eigenvalue weighted by Crippen LogP contribution is -2.27. The Morgan fingerprint density at radius 1 is 1.14 bits per heavy atom. The first-order valence-corrected chi connectivity index (χ1v) is 8.22. The molecule has 6 nitrogen and oxygen atoms in total. The normalized spacial score (nSPS) is 10.9. The van der Waals surface area contributed by atoms with Gasteiger partial charge in [0.1, 0.15) is 0 Å². The predicted molar refractivity (Wildman–Crippen MR) is 77.4 cm³/mol.